The second-order valence-corrected chi connectivity index (χ2v) is 5.13. The number of nitrogens with two attached hydrogens (primary N) is 1. The maximum Gasteiger partial charge on any atom is 0.275 e. The average molecular weight is 269 g/mol. The van der Waals surface area contributed by atoms with Gasteiger partial charge in [-0.3, -0.25) is 10.2 Å². The second-order valence-electron chi connectivity index (χ2n) is 3.29. The molecule has 0 aliphatic heterocycles. The van der Waals surface area contributed by atoms with Gasteiger partial charge in [0.05, 0.1) is 10.6 Å². The molecule has 0 atom stereocenters. The zero-order chi connectivity index (χ0) is 12.3. The van der Waals surface area contributed by atoms with Crippen LogP contribution in [0.15, 0.2) is 27.3 Å². The molecule has 0 radical (unpaired) electrons. The lowest BCUT2D eigenvalue weighted by Crippen LogP contribution is -2.29. The molecule has 17 heavy (non-hydrogen) atoms. The highest BCUT2D eigenvalue weighted by Gasteiger charge is 2.13. The van der Waals surface area contributed by atoms with Gasteiger partial charge in [-0.05, 0) is 23.9 Å². The molecule has 0 saturated carbocycles. The Hall–Kier alpha value is -1.31. The first kappa shape index (κ1) is 12.2. The third kappa shape index (κ3) is 2.87. The molecule has 0 fully saturated rings. The Bertz CT molecular complexity index is 521. The van der Waals surface area contributed by atoms with Crippen LogP contribution in [-0.4, -0.2) is 10.9 Å². The molecule has 2 heterocycles. The molecule has 0 unspecified atom stereocenters. The zero-order valence-corrected chi connectivity index (χ0v) is 10.7. The normalized spacial score (nSPS) is 10.5. The number of aromatic nitrogens is 1. The van der Waals surface area contributed by atoms with Crippen LogP contribution in [0.5, 0.6) is 0 Å². The lowest BCUT2D eigenvalue weighted by Gasteiger charge is -2.00. The van der Waals surface area contributed by atoms with Crippen molar-refractivity contribution in [2.45, 2.75) is 17.9 Å². The number of carbonyl (C=O) groups is 1. The highest BCUT2D eigenvalue weighted by Crippen LogP contribution is 2.26. The lowest BCUT2D eigenvalue weighted by molar-refractivity contribution is 0.0957. The third-order valence-corrected chi connectivity index (χ3v) is 3.88. The summed E-state index contributed by atoms with van der Waals surface area (Å²) in [6.07, 6.45) is 1.60. The summed E-state index contributed by atoms with van der Waals surface area (Å²) in [5.41, 5.74) is 3.91. The van der Waals surface area contributed by atoms with Gasteiger partial charge in [0.1, 0.15) is 6.26 Å². The van der Waals surface area contributed by atoms with E-state index in [9.17, 15) is 4.79 Å². The SMILES string of the molecule is Cc1coc(SCc2ccsc2C(=O)NN)n1. The summed E-state index contributed by atoms with van der Waals surface area (Å²) in [5.74, 6) is 5.48. The smallest absolute Gasteiger partial charge is 0.275 e. The van der Waals surface area contributed by atoms with E-state index < -0.39 is 0 Å². The van der Waals surface area contributed by atoms with Crippen molar-refractivity contribution in [3.63, 3.8) is 0 Å². The van der Waals surface area contributed by atoms with E-state index in [1.54, 1.807) is 6.26 Å². The predicted octanol–water partition coefficient (Wildman–Crippen LogP) is 1.94. The van der Waals surface area contributed by atoms with Crippen LogP contribution in [0.4, 0.5) is 0 Å². The Morgan fingerprint density at radius 3 is 3.18 bits per heavy atom. The Balaban J connectivity index is 2.04. The summed E-state index contributed by atoms with van der Waals surface area (Å²) in [5, 5.41) is 2.47. The fourth-order valence-corrected chi connectivity index (χ4v) is 3.01. The van der Waals surface area contributed by atoms with Gasteiger partial charge in [0, 0.05) is 5.75 Å². The first-order chi connectivity index (χ1) is 8.20. The quantitative estimate of drug-likeness (QED) is 0.384. The number of nitrogens with zero attached hydrogens (tertiary/aromatic N) is 1. The molecule has 2 rings (SSSR count). The molecule has 2 aromatic rings. The molecule has 0 aromatic carbocycles. The van der Waals surface area contributed by atoms with E-state index in [1.165, 1.54) is 23.1 Å². The van der Waals surface area contributed by atoms with Gasteiger partial charge in [-0.15, -0.1) is 11.3 Å². The van der Waals surface area contributed by atoms with E-state index in [-0.39, 0.29) is 5.91 Å². The van der Waals surface area contributed by atoms with Crippen molar-refractivity contribution in [1.29, 1.82) is 0 Å². The molecule has 0 aliphatic carbocycles. The predicted molar refractivity (Wildman–Crippen MR) is 66.8 cm³/mol. The molecule has 90 valence electrons. The number of hydrogen-bond donors (Lipinski definition) is 2. The van der Waals surface area contributed by atoms with E-state index >= 15 is 0 Å². The van der Waals surface area contributed by atoms with Crippen molar-refractivity contribution in [1.82, 2.24) is 10.4 Å². The Kier molecular flexibility index (Phi) is 3.82. The summed E-state index contributed by atoms with van der Waals surface area (Å²) in [6.45, 7) is 1.87. The number of nitrogens with one attached hydrogen (secondary N) is 1. The van der Waals surface area contributed by atoms with E-state index in [2.05, 4.69) is 10.4 Å². The van der Waals surface area contributed by atoms with Crippen molar-refractivity contribution < 1.29 is 9.21 Å². The number of hydrogen-bond acceptors (Lipinski definition) is 6. The minimum absolute atomic E-state index is 0.265. The number of nitrogen functional groups attached to an aromatic ring is 1. The minimum atomic E-state index is -0.265. The van der Waals surface area contributed by atoms with Crippen LogP contribution in [-0.2, 0) is 5.75 Å². The second kappa shape index (κ2) is 5.35. The molecule has 5 nitrogen and oxygen atoms in total. The number of rotatable bonds is 4. The number of carbonyl (C=O) groups excluding carboxylic acids is 1. The van der Waals surface area contributed by atoms with Gasteiger partial charge in [0.2, 0.25) is 0 Å². The summed E-state index contributed by atoms with van der Waals surface area (Å²) in [4.78, 5) is 16.2. The summed E-state index contributed by atoms with van der Waals surface area (Å²) < 4.78 is 5.22. The van der Waals surface area contributed by atoms with Gasteiger partial charge < -0.3 is 4.42 Å². The monoisotopic (exact) mass is 269 g/mol. The van der Waals surface area contributed by atoms with Gasteiger partial charge >= 0.3 is 0 Å². The molecule has 0 bridgehead atoms. The third-order valence-electron chi connectivity index (χ3n) is 2.03. The van der Waals surface area contributed by atoms with E-state index in [0.717, 1.165) is 11.3 Å². The van der Waals surface area contributed by atoms with Crippen LogP contribution in [0.2, 0.25) is 0 Å². The number of thiophene rings is 1. The topological polar surface area (TPSA) is 81.2 Å². The molecular weight excluding hydrogens is 258 g/mol. The highest BCUT2D eigenvalue weighted by atomic mass is 32.2. The van der Waals surface area contributed by atoms with Crippen LogP contribution >= 0.6 is 23.1 Å². The summed E-state index contributed by atoms with van der Waals surface area (Å²) in [7, 11) is 0. The molecule has 3 N–H and O–H groups in total. The number of aryl methyl sites for hydroxylation is 1. The van der Waals surface area contributed by atoms with E-state index in [4.69, 9.17) is 10.3 Å². The largest absolute Gasteiger partial charge is 0.440 e. The zero-order valence-electron chi connectivity index (χ0n) is 9.10. The van der Waals surface area contributed by atoms with Gasteiger partial charge in [0.25, 0.3) is 11.1 Å². The van der Waals surface area contributed by atoms with Crippen molar-refractivity contribution in [3.8, 4) is 0 Å². The highest BCUT2D eigenvalue weighted by molar-refractivity contribution is 7.98. The van der Waals surface area contributed by atoms with Gasteiger partial charge in [-0.1, -0.05) is 11.8 Å². The average Bonchev–Trinajstić information content (AvgIpc) is 2.94. The van der Waals surface area contributed by atoms with Crippen LogP contribution in [0.3, 0.4) is 0 Å². The first-order valence-corrected chi connectivity index (χ1v) is 6.69. The molecular formula is C10H11N3O2S2. The molecule has 2 aromatic heterocycles. The van der Waals surface area contributed by atoms with Crippen LogP contribution in [0.1, 0.15) is 20.9 Å². The molecule has 0 spiro atoms. The van der Waals surface area contributed by atoms with Crippen molar-refractivity contribution in [3.05, 3.63) is 33.8 Å². The van der Waals surface area contributed by atoms with E-state index in [1.807, 2.05) is 18.4 Å². The first-order valence-electron chi connectivity index (χ1n) is 4.83. The molecule has 1 amide bonds. The number of amides is 1. The fraction of sp³-hybridized carbons (Fsp3) is 0.200. The molecule has 0 aliphatic rings. The fourth-order valence-electron chi connectivity index (χ4n) is 1.25. The lowest BCUT2D eigenvalue weighted by atomic mass is 10.3. The van der Waals surface area contributed by atoms with E-state index in [0.29, 0.717) is 15.9 Å². The standard InChI is InChI=1S/C10H11N3O2S2/c1-6-4-15-10(12-6)17-5-7-2-3-16-8(7)9(14)13-11/h2-4H,5,11H2,1H3,(H,13,14). The summed E-state index contributed by atoms with van der Waals surface area (Å²) in [6, 6.07) is 1.90. The van der Waals surface area contributed by atoms with Gasteiger partial charge in [0.15, 0.2) is 0 Å². The summed E-state index contributed by atoms with van der Waals surface area (Å²) >= 11 is 2.82. The van der Waals surface area contributed by atoms with Crippen LogP contribution in [0.25, 0.3) is 0 Å². The van der Waals surface area contributed by atoms with Gasteiger partial charge in [-0.2, -0.15) is 0 Å². The van der Waals surface area contributed by atoms with Crippen LogP contribution in [0, 0.1) is 6.92 Å². The Morgan fingerprint density at radius 1 is 1.71 bits per heavy atom. The maximum atomic E-state index is 11.4. The maximum absolute atomic E-state index is 11.4. The molecule has 7 heteroatoms. The number of hydrazine groups is 1. The van der Waals surface area contributed by atoms with Gasteiger partial charge in [-0.25, -0.2) is 10.8 Å². The number of thioether (sulfide) groups is 1. The van der Waals surface area contributed by atoms with Crippen molar-refractivity contribution >= 4 is 29.0 Å². The van der Waals surface area contributed by atoms with Crippen molar-refractivity contribution in [2.75, 3.05) is 0 Å². The molecule has 0 saturated heterocycles. The minimum Gasteiger partial charge on any atom is -0.440 e. The van der Waals surface area contributed by atoms with Crippen LogP contribution < -0.4 is 11.3 Å². The number of oxazole rings is 1. The van der Waals surface area contributed by atoms with Crippen molar-refractivity contribution in [2.24, 2.45) is 5.84 Å². The Morgan fingerprint density at radius 2 is 2.53 bits per heavy atom. The Labute approximate surface area is 106 Å².